The fraction of sp³-hybridized carbons (Fsp3) is 0.828. The van der Waals surface area contributed by atoms with E-state index in [4.69, 9.17) is 4.74 Å². The number of nitrogens with one attached hydrogen (secondary N) is 1. The Morgan fingerprint density at radius 2 is 0.812 bits per heavy atom. The number of hydrogen-bond donors (Lipinski definition) is 3. The Morgan fingerprint density at radius 3 is 1.28 bits per heavy atom. The molecule has 3 N–H and O–H groups in total. The van der Waals surface area contributed by atoms with E-state index in [1.807, 2.05) is 6.08 Å². The maximum absolute atomic E-state index is 12.4. The topological polar surface area (TPSA) is 95.9 Å². The molecule has 0 aliphatic rings. The van der Waals surface area contributed by atoms with Gasteiger partial charge in [0.25, 0.3) is 0 Å². The molecule has 2 atom stereocenters. The summed E-state index contributed by atoms with van der Waals surface area (Å²) in [5.74, 6) is -0.181. The molecule has 0 saturated carbocycles. The molecule has 0 aliphatic heterocycles. The molecule has 0 fully saturated rings. The van der Waals surface area contributed by atoms with Crippen molar-refractivity contribution >= 4 is 11.9 Å². The zero-order valence-electron chi connectivity index (χ0n) is 42.5. The number of hydrogen-bond acceptors (Lipinski definition) is 5. The van der Waals surface area contributed by atoms with Crippen molar-refractivity contribution in [1.29, 1.82) is 0 Å². The van der Waals surface area contributed by atoms with Crippen LogP contribution in [-0.4, -0.2) is 47.4 Å². The first-order valence-corrected chi connectivity index (χ1v) is 27.9. The van der Waals surface area contributed by atoms with Crippen molar-refractivity contribution in [1.82, 2.24) is 5.32 Å². The van der Waals surface area contributed by atoms with Gasteiger partial charge in [-0.3, -0.25) is 9.59 Å². The summed E-state index contributed by atoms with van der Waals surface area (Å²) in [7, 11) is 0. The van der Waals surface area contributed by atoms with Crippen LogP contribution in [0.3, 0.4) is 0 Å². The summed E-state index contributed by atoms with van der Waals surface area (Å²) in [6.07, 6.45) is 67.1. The zero-order valence-corrected chi connectivity index (χ0v) is 42.5. The summed E-state index contributed by atoms with van der Waals surface area (Å²) >= 11 is 0. The van der Waals surface area contributed by atoms with Crippen LogP contribution in [0.5, 0.6) is 0 Å². The Labute approximate surface area is 397 Å². The first-order valence-electron chi connectivity index (χ1n) is 27.9. The summed E-state index contributed by atoms with van der Waals surface area (Å²) in [6, 6.07) is -0.668. The van der Waals surface area contributed by atoms with Gasteiger partial charge in [0.05, 0.1) is 25.4 Å². The van der Waals surface area contributed by atoms with Crippen molar-refractivity contribution in [2.24, 2.45) is 0 Å². The lowest BCUT2D eigenvalue weighted by Gasteiger charge is -2.19. The standard InChI is InChI=1S/C58H107NO5/c1-3-5-7-9-11-13-15-17-19-20-21-22-23-24-25-26-27-28-29-31-34-38-42-46-50-56(61)55(54-60)59-57(62)51-47-43-39-35-33-37-41-45-49-53-64-58(63)52-48-44-40-36-32-30-18-16-14-12-10-8-6-4-2/h10,12,16,18,35,39,46,50,55-56,60-61H,3-9,11,13-15,17,19-34,36-38,40-45,47-49,51-54H2,1-2H3,(H,59,62)/b12-10-,18-16-,39-35-,50-46+. The predicted molar refractivity (Wildman–Crippen MR) is 278 cm³/mol. The maximum Gasteiger partial charge on any atom is 0.305 e. The molecule has 0 heterocycles. The van der Waals surface area contributed by atoms with Gasteiger partial charge in [-0.05, 0) is 77.0 Å². The largest absolute Gasteiger partial charge is 0.466 e. The van der Waals surface area contributed by atoms with Crippen LogP contribution in [0.2, 0.25) is 0 Å². The molecule has 0 aromatic heterocycles. The van der Waals surface area contributed by atoms with Gasteiger partial charge in [-0.2, -0.15) is 0 Å². The molecule has 0 aliphatic carbocycles. The number of carbonyl (C=O) groups excluding carboxylic acids is 2. The van der Waals surface area contributed by atoms with Crippen LogP contribution in [0.4, 0.5) is 0 Å². The monoisotopic (exact) mass is 898 g/mol. The third kappa shape index (κ3) is 49.3. The van der Waals surface area contributed by atoms with Crippen LogP contribution < -0.4 is 5.32 Å². The second-order valence-electron chi connectivity index (χ2n) is 18.9. The van der Waals surface area contributed by atoms with E-state index < -0.39 is 12.1 Å². The van der Waals surface area contributed by atoms with E-state index in [0.717, 1.165) is 83.5 Å². The van der Waals surface area contributed by atoms with Crippen LogP contribution in [0.25, 0.3) is 0 Å². The second kappa shape index (κ2) is 53.4. The minimum absolute atomic E-state index is 0.0527. The Hall–Kier alpha value is -2.18. The Balaban J connectivity index is 3.57. The van der Waals surface area contributed by atoms with Crippen molar-refractivity contribution in [2.45, 2.75) is 296 Å². The Bertz CT molecular complexity index is 1080. The highest BCUT2D eigenvalue weighted by atomic mass is 16.5. The normalized spacial score (nSPS) is 13.0. The second-order valence-corrected chi connectivity index (χ2v) is 18.9. The van der Waals surface area contributed by atoms with E-state index in [0.29, 0.717) is 19.4 Å². The third-order valence-corrected chi connectivity index (χ3v) is 12.6. The molecular formula is C58H107NO5. The first-order chi connectivity index (χ1) is 31.5. The smallest absolute Gasteiger partial charge is 0.305 e. The van der Waals surface area contributed by atoms with Gasteiger partial charge in [-0.25, -0.2) is 0 Å². The number of amides is 1. The molecule has 6 heteroatoms. The number of allylic oxidation sites excluding steroid dienone is 7. The first kappa shape index (κ1) is 61.8. The number of unbranched alkanes of at least 4 members (excludes halogenated alkanes) is 34. The summed E-state index contributed by atoms with van der Waals surface area (Å²) < 4.78 is 5.43. The number of carbonyl (C=O) groups is 2. The van der Waals surface area contributed by atoms with Gasteiger partial charge < -0.3 is 20.3 Å². The third-order valence-electron chi connectivity index (χ3n) is 12.6. The minimum atomic E-state index is -0.878. The van der Waals surface area contributed by atoms with Crippen LogP contribution in [0, 0.1) is 0 Å². The van der Waals surface area contributed by atoms with Crippen molar-refractivity contribution in [3.05, 3.63) is 48.6 Å². The van der Waals surface area contributed by atoms with Crippen molar-refractivity contribution in [3.8, 4) is 0 Å². The van der Waals surface area contributed by atoms with Crippen LogP contribution in [0.15, 0.2) is 48.6 Å². The van der Waals surface area contributed by atoms with E-state index >= 15 is 0 Å². The van der Waals surface area contributed by atoms with Gasteiger partial charge in [0.1, 0.15) is 0 Å². The fourth-order valence-corrected chi connectivity index (χ4v) is 8.24. The number of ether oxygens (including phenoxy) is 1. The average Bonchev–Trinajstić information content (AvgIpc) is 3.29. The molecule has 374 valence electrons. The molecule has 1 amide bonds. The Kier molecular flexibility index (Phi) is 51.6. The van der Waals surface area contributed by atoms with Gasteiger partial charge in [-0.1, -0.05) is 242 Å². The summed E-state index contributed by atoms with van der Waals surface area (Å²) in [4.78, 5) is 24.5. The maximum atomic E-state index is 12.4. The molecule has 0 aromatic rings. The molecule has 0 rings (SSSR count). The molecule has 6 nitrogen and oxygen atoms in total. The van der Waals surface area contributed by atoms with E-state index in [-0.39, 0.29) is 18.5 Å². The SMILES string of the molecule is CCCC/C=C\C/C=C\CCCCCCCC(=O)OCCCCCC/C=C\CCCC(=O)NC(CO)C(O)/C=C/CCCCCCCCCCCCCCCCCCCCCCCC. The highest BCUT2D eigenvalue weighted by Crippen LogP contribution is 2.16. The van der Waals surface area contributed by atoms with Crippen LogP contribution >= 0.6 is 0 Å². The lowest BCUT2D eigenvalue weighted by atomic mass is 10.0. The van der Waals surface area contributed by atoms with Gasteiger partial charge >= 0.3 is 5.97 Å². The summed E-state index contributed by atoms with van der Waals surface area (Å²) in [5.41, 5.74) is 0. The predicted octanol–water partition coefficient (Wildman–Crippen LogP) is 17.0. The molecule has 0 aromatic carbocycles. The molecule has 0 bridgehead atoms. The average molecular weight is 898 g/mol. The van der Waals surface area contributed by atoms with E-state index in [1.165, 1.54) is 173 Å². The fourth-order valence-electron chi connectivity index (χ4n) is 8.24. The molecule has 2 unspecified atom stereocenters. The lowest BCUT2D eigenvalue weighted by molar-refractivity contribution is -0.143. The number of esters is 1. The highest BCUT2D eigenvalue weighted by molar-refractivity contribution is 5.76. The van der Waals surface area contributed by atoms with Crippen molar-refractivity contribution in [3.63, 3.8) is 0 Å². The lowest BCUT2D eigenvalue weighted by Crippen LogP contribution is -2.45. The van der Waals surface area contributed by atoms with Gasteiger partial charge in [0.2, 0.25) is 5.91 Å². The number of aliphatic hydroxyl groups excluding tert-OH is 2. The molecule has 0 spiro atoms. The van der Waals surface area contributed by atoms with Crippen LogP contribution in [-0.2, 0) is 14.3 Å². The van der Waals surface area contributed by atoms with Crippen molar-refractivity contribution < 1.29 is 24.5 Å². The van der Waals surface area contributed by atoms with Gasteiger partial charge in [0, 0.05) is 12.8 Å². The molecule has 0 saturated heterocycles. The van der Waals surface area contributed by atoms with Gasteiger partial charge in [-0.15, -0.1) is 0 Å². The molecule has 0 radical (unpaired) electrons. The molecular weight excluding hydrogens is 791 g/mol. The minimum Gasteiger partial charge on any atom is -0.466 e. The van der Waals surface area contributed by atoms with E-state index in [2.05, 4.69) is 55.6 Å². The zero-order chi connectivity index (χ0) is 46.5. The Morgan fingerprint density at radius 1 is 0.438 bits per heavy atom. The summed E-state index contributed by atoms with van der Waals surface area (Å²) in [5, 5.41) is 23.1. The van der Waals surface area contributed by atoms with Crippen LogP contribution in [0.1, 0.15) is 284 Å². The van der Waals surface area contributed by atoms with E-state index in [1.54, 1.807) is 6.08 Å². The van der Waals surface area contributed by atoms with Gasteiger partial charge in [0.15, 0.2) is 0 Å². The highest BCUT2D eigenvalue weighted by Gasteiger charge is 2.18. The number of aliphatic hydroxyl groups is 2. The quantitative estimate of drug-likeness (QED) is 0.0321. The molecule has 64 heavy (non-hydrogen) atoms. The van der Waals surface area contributed by atoms with E-state index in [9.17, 15) is 19.8 Å². The summed E-state index contributed by atoms with van der Waals surface area (Å²) in [6.45, 7) is 4.77. The van der Waals surface area contributed by atoms with Crippen molar-refractivity contribution in [2.75, 3.05) is 13.2 Å². The number of rotatable bonds is 51.